The van der Waals surface area contributed by atoms with Crippen molar-refractivity contribution in [3.05, 3.63) is 24.3 Å². The average molecular weight is 546 g/mol. The van der Waals surface area contributed by atoms with Crippen molar-refractivity contribution in [2.75, 3.05) is 0 Å². The number of hydrogen-bond donors (Lipinski definition) is 2. The molecule has 1 aromatic rings. The fourth-order valence-corrected chi connectivity index (χ4v) is 21.3. The van der Waals surface area contributed by atoms with Gasteiger partial charge < -0.3 is 0 Å². The quantitative estimate of drug-likeness (QED) is 0.299. The first kappa shape index (κ1) is 27.4. The van der Waals surface area contributed by atoms with Crippen molar-refractivity contribution in [2.45, 2.75) is 97.4 Å². The van der Waals surface area contributed by atoms with Crippen LogP contribution in [-0.4, -0.2) is 43.9 Å². The summed E-state index contributed by atoms with van der Waals surface area (Å²) in [4.78, 5) is 11.6. The van der Waals surface area contributed by atoms with E-state index in [2.05, 4.69) is 25.5 Å². The zero-order valence-corrected chi connectivity index (χ0v) is 23.1. The van der Waals surface area contributed by atoms with Crippen molar-refractivity contribution in [2.24, 2.45) is 5.92 Å². The molecule has 5 nitrogen and oxygen atoms in total. The monoisotopic (exact) mass is 547 g/mol. The van der Waals surface area contributed by atoms with Crippen molar-refractivity contribution >= 4 is 37.9 Å². The summed E-state index contributed by atoms with van der Waals surface area (Å²) >= 11 is -2.60. The number of aliphatic carboxylic acids is 1. The van der Waals surface area contributed by atoms with Crippen LogP contribution in [0, 0.1) is 5.92 Å². The first-order chi connectivity index (χ1) is 14.1. The van der Waals surface area contributed by atoms with Crippen molar-refractivity contribution in [3.63, 3.8) is 0 Å². The zero-order chi connectivity index (χ0) is 22.8. The first-order valence-corrected chi connectivity index (χ1v) is 20.5. The maximum absolute atomic E-state index is 12.8. The summed E-state index contributed by atoms with van der Waals surface area (Å²) in [7, 11) is -3.87. The molecule has 0 aliphatic rings. The molecule has 0 heterocycles. The van der Waals surface area contributed by atoms with E-state index in [-0.39, 0.29) is 10.8 Å². The average Bonchev–Trinajstić information content (AvgIpc) is 2.71. The fourth-order valence-electron chi connectivity index (χ4n) is 4.05. The summed E-state index contributed by atoms with van der Waals surface area (Å²) < 4.78 is 33.3. The minimum absolute atomic E-state index is 0.153. The molecule has 7 heteroatoms. The van der Waals surface area contributed by atoms with Crippen LogP contribution in [0.4, 0.5) is 0 Å². The van der Waals surface area contributed by atoms with Crippen LogP contribution in [0.25, 0.3) is 0 Å². The van der Waals surface area contributed by atoms with E-state index >= 15 is 0 Å². The normalized spacial score (nSPS) is 13.5. The van der Waals surface area contributed by atoms with Crippen LogP contribution in [0.3, 0.4) is 0 Å². The van der Waals surface area contributed by atoms with Crippen LogP contribution in [-0.2, 0) is 14.8 Å². The summed E-state index contributed by atoms with van der Waals surface area (Å²) in [6.45, 7) is 10.1. The molecule has 1 rings (SSSR count). The molecule has 0 aromatic heterocycles. The molecule has 0 bridgehead atoms. The Kier molecular flexibility index (Phi) is 11.9. The topological polar surface area (TPSA) is 83.5 Å². The second-order valence-electron chi connectivity index (χ2n) is 8.80. The zero-order valence-electron chi connectivity index (χ0n) is 19.4. The molecule has 1 atom stereocenters. The van der Waals surface area contributed by atoms with Gasteiger partial charge in [0.2, 0.25) is 0 Å². The van der Waals surface area contributed by atoms with Crippen molar-refractivity contribution in [3.8, 4) is 0 Å². The van der Waals surface area contributed by atoms with E-state index in [1.807, 2.05) is 12.1 Å². The summed E-state index contributed by atoms with van der Waals surface area (Å²) in [5.41, 5.74) is 0. The number of carboxylic acids is 1. The Balaban J connectivity index is 3.23. The SMILES string of the molecule is CCC[CH2][Sn]([CH2]CCC)([CH2]CCC)[c]1ccc(S(=O)(=O)N[C@@H](C(=O)O)C(C)C)cc1. The van der Waals surface area contributed by atoms with Crippen molar-refractivity contribution < 1.29 is 18.3 Å². The summed E-state index contributed by atoms with van der Waals surface area (Å²) in [6.07, 6.45) is 7.33. The van der Waals surface area contributed by atoms with E-state index in [0.717, 1.165) is 0 Å². The van der Waals surface area contributed by atoms with E-state index in [1.54, 1.807) is 26.0 Å². The molecule has 30 heavy (non-hydrogen) atoms. The Morgan fingerprint density at radius 3 is 1.70 bits per heavy atom. The van der Waals surface area contributed by atoms with Gasteiger partial charge in [0.25, 0.3) is 0 Å². The van der Waals surface area contributed by atoms with Gasteiger partial charge >= 0.3 is 189 Å². The van der Waals surface area contributed by atoms with Crippen molar-refractivity contribution in [1.29, 1.82) is 0 Å². The summed E-state index contributed by atoms with van der Waals surface area (Å²) in [5.74, 6) is -1.49. The third kappa shape index (κ3) is 7.82. The van der Waals surface area contributed by atoms with E-state index in [9.17, 15) is 18.3 Å². The number of nitrogens with one attached hydrogen (secondary N) is 1. The minimum atomic E-state index is -3.87. The van der Waals surface area contributed by atoms with Crippen LogP contribution in [0.15, 0.2) is 29.2 Å². The molecule has 0 unspecified atom stereocenters. The molecular formula is C23H41NO4SSn. The molecule has 1 aromatic carbocycles. The van der Waals surface area contributed by atoms with Crippen LogP contribution < -0.4 is 8.30 Å². The fraction of sp³-hybridized carbons (Fsp3) is 0.696. The van der Waals surface area contributed by atoms with Gasteiger partial charge in [-0.1, -0.05) is 0 Å². The van der Waals surface area contributed by atoms with Gasteiger partial charge in [-0.15, -0.1) is 0 Å². The van der Waals surface area contributed by atoms with Gasteiger partial charge in [0.1, 0.15) is 0 Å². The number of rotatable bonds is 15. The summed E-state index contributed by atoms with van der Waals surface area (Å²) in [6, 6.07) is 6.32. The number of carbonyl (C=O) groups is 1. The number of carboxylic acid groups (broad SMARTS) is 1. The first-order valence-electron chi connectivity index (χ1n) is 11.5. The Hall–Kier alpha value is -0.601. The molecule has 0 aliphatic carbocycles. The van der Waals surface area contributed by atoms with E-state index in [4.69, 9.17) is 0 Å². The Morgan fingerprint density at radius 2 is 1.37 bits per heavy atom. The number of benzene rings is 1. The summed E-state index contributed by atoms with van der Waals surface area (Å²) in [5, 5.41) is 9.33. The Labute approximate surface area is 188 Å². The van der Waals surface area contributed by atoms with Gasteiger partial charge in [0.15, 0.2) is 0 Å². The van der Waals surface area contributed by atoms with E-state index in [0.29, 0.717) is 0 Å². The van der Waals surface area contributed by atoms with Gasteiger partial charge in [-0.05, 0) is 0 Å². The molecule has 0 saturated heterocycles. The molecule has 0 amide bonds. The molecule has 0 saturated carbocycles. The third-order valence-electron chi connectivity index (χ3n) is 6.02. The van der Waals surface area contributed by atoms with Crippen LogP contribution >= 0.6 is 0 Å². The standard InChI is InChI=1S/C11H14NO4S.3C4H9.Sn/c1-8(2)10(11(13)14)12-17(15,16)9-6-4-3-5-7-9;3*1-3-4-2;/h4-8,10,12H,1-2H3,(H,13,14);3*1,3-4H2,2H3;/t10-;;;;/m1..../s1. The number of unbranched alkanes of at least 4 members (excludes halogenated alkanes) is 3. The molecule has 172 valence electrons. The molecule has 2 N–H and O–H groups in total. The van der Waals surface area contributed by atoms with Gasteiger partial charge in [-0.3, -0.25) is 0 Å². The van der Waals surface area contributed by atoms with Gasteiger partial charge in [-0.2, -0.15) is 0 Å². The van der Waals surface area contributed by atoms with Crippen molar-refractivity contribution in [1.82, 2.24) is 4.72 Å². The van der Waals surface area contributed by atoms with E-state index < -0.39 is 40.4 Å². The van der Waals surface area contributed by atoms with Gasteiger partial charge in [0.05, 0.1) is 0 Å². The molecule has 0 radical (unpaired) electrons. The predicted octanol–water partition coefficient (Wildman–Crippen LogP) is 5.13. The van der Waals surface area contributed by atoms with E-state index in [1.165, 1.54) is 55.4 Å². The second kappa shape index (κ2) is 13.1. The molecule has 0 fully saturated rings. The van der Waals surface area contributed by atoms with Crippen LogP contribution in [0.2, 0.25) is 13.3 Å². The third-order valence-corrected chi connectivity index (χ3v) is 23.1. The van der Waals surface area contributed by atoms with Gasteiger partial charge in [-0.25, -0.2) is 0 Å². The number of hydrogen-bond acceptors (Lipinski definition) is 3. The Morgan fingerprint density at radius 1 is 0.933 bits per heavy atom. The molecule has 0 spiro atoms. The maximum atomic E-state index is 12.8. The van der Waals surface area contributed by atoms with Crippen LogP contribution in [0.1, 0.15) is 73.1 Å². The Bertz CT molecular complexity index is 725. The second-order valence-corrected chi connectivity index (χ2v) is 23.7. The van der Waals surface area contributed by atoms with Crippen LogP contribution in [0.5, 0.6) is 0 Å². The van der Waals surface area contributed by atoms with Gasteiger partial charge in [0, 0.05) is 0 Å². The number of sulfonamides is 1. The molecular weight excluding hydrogens is 505 g/mol. The molecule has 0 aliphatic heterocycles. The predicted molar refractivity (Wildman–Crippen MR) is 128 cm³/mol.